The second-order valence-electron chi connectivity index (χ2n) is 14.0. The minimum atomic E-state index is -0.962. The van der Waals surface area contributed by atoms with Gasteiger partial charge < -0.3 is 28.4 Å². The molecule has 0 radical (unpaired) electrons. The number of ether oxygens (including phenoxy) is 6. The molecule has 0 aromatic heterocycles. The predicted octanol–water partition coefficient (Wildman–Crippen LogP) is 9.40. The van der Waals surface area contributed by atoms with Gasteiger partial charge in [0.05, 0.1) is 12.2 Å². The van der Waals surface area contributed by atoms with Crippen molar-refractivity contribution in [2.45, 2.75) is 101 Å². The van der Waals surface area contributed by atoms with Crippen LogP contribution in [-0.2, 0) is 34.0 Å². The van der Waals surface area contributed by atoms with E-state index < -0.39 is 48.1 Å². The highest BCUT2D eigenvalue weighted by molar-refractivity contribution is 5.89. The van der Waals surface area contributed by atoms with Crippen LogP contribution in [0.2, 0.25) is 0 Å². The SMILES string of the molecule is C=CCCCCCCCCO[C@@H]1O[C@H](COC(c2ccccc2)(c2ccccc2)c2ccccc2)[C@@H]2OC(C)(C)O[C@@H]2[C@H]1OC(=O)c1ccccc1. The van der Waals surface area contributed by atoms with Gasteiger partial charge in [-0.25, -0.2) is 4.79 Å². The number of fused-ring (bicyclic) bond motifs is 1. The summed E-state index contributed by atoms with van der Waals surface area (Å²) in [6.07, 6.45) is 6.00. The van der Waals surface area contributed by atoms with Gasteiger partial charge in [0.1, 0.15) is 23.9 Å². The van der Waals surface area contributed by atoms with Gasteiger partial charge in [-0.1, -0.05) is 141 Å². The van der Waals surface area contributed by atoms with Gasteiger partial charge in [0, 0.05) is 6.61 Å². The number of esters is 1. The van der Waals surface area contributed by atoms with Gasteiger partial charge >= 0.3 is 5.97 Å². The van der Waals surface area contributed by atoms with Gasteiger partial charge in [-0.3, -0.25) is 0 Å². The zero-order valence-corrected chi connectivity index (χ0v) is 30.4. The third-order valence-electron chi connectivity index (χ3n) is 9.77. The monoisotopic (exact) mass is 704 g/mol. The van der Waals surface area contributed by atoms with E-state index in [1.807, 2.05) is 92.7 Å². The number of hydrogen-bond acceptors (Lipinski definition) is 7. The molecule has 2 aliphatic heterocycles. The van der Waals surface area contributed by atoms with Gasteiger partial charge in [0.25, 0.3) is 0 Å². The molecule has 2 heterocycles. The number of carbonyl (C=O) groups is 1. The van der Waals surface area contributed by atoms with Crippen molar-refractivity contribution < 1.29 is 33.2 Å². The van der Waals surface area contributed by atoms with Crippen molar-refractivity contribution in [3.05, 3.63) is 156 Å². The van der Waals surface area contributed by atoms with Crippen LogP contribution in [0.3, 0.4) is 0 Å². The van der Waals surface area contributed by atoms with Gasteiger partial charge in [0.15, 0.2) is 18.2 Å². The van der Waals surface area contributed by atoms with Crippen molar-refractivity contribution in [1.82, 2.24) is 0 Å². The van der Waals surface area contributed by atoms with Gasteiger partial charge in [-0.15, -0.1) is 6.58 Å². The second-order valence-corrected chi connectivity index (χ2v) is 14.0. The van der Waals surface area contributed by atoms with E-state index in [9.17, 15) is 4.79 Å². The first kappa shape index (κ1) is 37.6. The Morgan fingerprint density at radius 1 is 0.712 bits per heavy atom. The summed E-state index contributed by atoms with van der Waals surface area (Å²) in [6, 6.07) is 39.7. The van der Waals surface area contributed by atoms with E-state index in [1.165, 1.54) is 19.3 Å². The summed E-state index contributed by atoms with van der Waals surface area (Å²) in [5, 5.41) is 0. The second kappa shape index (κ2) is 18.1. The van der Waals surface area contributed by atoms with Crippen molar-refractivity contribution in [3.8, 4) is 0 Å². The smallest absolute Gasteiger partial charge is 0.338 e. The molecule has 7 heteroatoms. The van der Waals surface area contributed by atoms with Gasteiger partial charge in [-0.05, 0) is 61.9 Å². The number of rotatable bonds is 18. The molecule has 0 aliphatic carbocycles. The number of unbranched alkanes of at least 4 members (excludes halogenated alkanes) is 6. The van der Waals surface area contributed by atoms with Crippen LogP contribution in [0.5, 0.6) is 0 Å². The fourth-order valence-electron chi connectivity index (χ4n) is 7.27. The first-order valence-corrected chi connectivity index (χ1v) is 18.7. The van der Waals surface area contributed by atoms with Crippen molar-refractivity contribution in [1.29, 1.82) is 0 Å². The molecule has 0 bridgehead atoms. The predicted molar refractivity (Wildman–Crippen MR) is 202 cm³/mol. The molecule has 2 fully saturated rings. The molecular weight excluding hydrogens is 652 g/mol. The first-order valence-electron chi connectivity index (χ1n) is 18.7. The number of benzene rings is 4. The van der Waals surface area contributed by atoms with Crippen LogP contribution >= 0.6 is 0 Å². The Labute approximate surface area is 308 Å². The maximum Gasteiger partial charge on any atom is 0.338 e. The molecule has 0 unspecified atom stereocenters. The Kier molecular flexibility index (Phi) is 13.1. The quantitative estimate of drug-likeness (QED) is 0.0442. The zero-order chi connectivity index (χ0) is 36.2. The Bertz CT molecular complexity index is 1560. The van der Waals surface area contributed by atoms with Gasteiger partial charge in [0.2, 0.25) is 0 Å². The zero-order valence-electron chi connectivity index (χ0n) is 30.4. The van der Waals surface area contributed by atoms with Crippen LogP contribution in [0.15, 0.2) is 134 Å². The van der Waals surface area contributed by atoms with E-state index in [2.05, 4.69) is 43.0 Å². The molecule has 6 rings (SSSR count). The van der Waals surface area contributed by atoms with E-state index in [-0.39, 0.29) is 6.61 Å². The van der Waals surface area contributed by atoms with E-state index in [4.69, 9.17) is 28.4 Å². The Morgan fingerprint density at radius 2 is 1.21 bits per heavy atom. The summed E-state index contributed by atoms with van der Waals surface area (Å²) in [4.78, 5) is 13.5. The number of carbonyl (C=O) groups excluding carboxylic acids is 1. The van der Waals surface area contributed by atoms with Gasteiger partial charge in [-0.2, -0.15) is 0 Å². The van der Waals surface area contributed by atoms with Crippen LogP contribution in [0.4, 0.5) is 0 Å². The summed E-state index contributed by atoms with van der Waals surface area (Å²) in [7, 11) is 0. The molecule has 2 aliphatic rings. The molecule has 7 nitrogen and oxygen atoms in total. The highest BCUT2D eigenvalue weighted by Gasteiger charge is 2.58. The van der Waals surface area contributed by atoms with Crippen molar-refractivity contribution in [2.24, 2.45) is 0 Å². The summed E-state index contributed by atoms with van der Waals surface area (Å²) >= 11 is 0. The Hall–Kier alpha value is -4.11. The standard InChI is InChI=1S/C45H52O7/c1-4-5-6-7-8-9-10-23-32-47-43-41(50-42(46)34-24-15-11-16-25-34)40-39(51-44(2,3)52-40)38(49-43)33-48-45(35-26-17-12-18-27-35,36-28-19-13-20-29-36)37-30-21-14-22-31-37/h4,11-22,24-31,38-41,43H,1,5-10,23,32-33H2,2-3H3/t38-,39+,40+,41-,43-/m1/s1. The van der Waals surface area contributed by atoms with Crippen LogP contribution in [0, 0.1) is 0 Å². The van der Waals surface area contributed by atoms with E-state index >= 15 is 0 Å². The summed E-state index contributed by atoms with van der Waals surface area (Å²) in [5.74, 6) is -1.43. The first-order chi connectivity index (χ1) is 25.4. The summed E-state index contributed by atoms with van der Waals surface area (Å²) in [5.41, 5.74) is 2.43. The molecule has 52 heavy (non-hydrogen) atoms. The molecule has 4 aromatic carbocycles. The average Bonchev–Trinajstić information content (AvgIpc) is 3.52. The summed E-state index contributed by atoms with van der Waals surface area (Å²) in [6.45, 7) is 8.15. The highest BCUT2D eigenvalue weighted by atomic mass is 16.8. The van der Waals surface area contributed by atoms with Crippen LogP contribution in [0.25, 0.3) is 0 Å². The molecule has 0 amide bonds. The molecule has 5 atom stereocenters. The number of allylic oxidation sites excluding steroid dienone is 1. The van der Waals surface area contributed by atoms with E-state index in [0.29, 0.717) is 12.2 Å². The molecular formula is C45H52O7. The van der Waals surface area contributed by atoms with Crippen molar-refractivity contribution in [2.75, 3.05) is 13.2 Å². The highest BCUT2D eigenvalue weighted by Crippen LogP contribution is 2.43. The number of hydrogen-bond donors (Lipinski definition) is 0. The Balaban J connectivity index is 1.27. The minimum absolute atomic E-state index is 0.142. The minimum Gasteiger partial charge on any atom is -0.450 e. The van der Waals surface area contributed by atoms with Crippen LogP contribution < -0.4 is 0 Å². The van der Waals surface area contributed by atoms with Crippen molar-refractivity contribution in [3.63, 3.8) is 0 Å². The lowest BCUT2D eigenvalue weighted by Crippen LogP contribution is -2.60. The molecule has 0 spiro atoms. The van der Waals surface area contributed by atoms with Crippen molar-refractivity contribution >= 4 is 5.97 Å². The lowest BCUT2D eigenvalue weighted by Gasteiger charge is -2.43. The molecule has 2 saturated heterocycles. The largest absolute Gasteiger partial charge is 0.450 e. The third kappa shape index (κ3) is 9.08. The fraction of sp³-hybridized carbons (Fsp3) is 0.400. The molecule has 274 valence electrons. The summed E-state index contributed by atoms with van der Waals surface area (Å²) < 4.78 is 39.7. The van der Waals surface area contributed by atoms with Crippen LogP contribution in [0.1, 0.15) is 85.8 Å². The maximum absolute atomic E-state index is 13.5. The third-order valence-corrected chi connectivity index (χ3v) is 9.77. The topological polar surface area (TPSA) is 72.5 Å². The van der Waals surface area contributed by atoms with Crippen LogP contribution in [-0.4, -0.2) is 55.7 Å². The molecule has 0 N–H and O–H groups in total. The van der Waals surface area contributed by atoms with E-state index in [0.717, 1.165) is 42.4 Å². The lowest BCUT2D eigenvalue weighted by atomic mass is 9.80. The average molecular weight is 705 g/mol. The molecule has 4 aromatic rings. The Morgan fingerprint density at radius 3 is 1.77 bits per heavy atom. The normalized spacial score (nSPS) is 22.4. The maximum atomic E-state index is 13.5. The lowest BCUT2D eigenvalue weighted by molar-refractivity contribution is -0.286. The molecule has 0 saturated carbocycles. The fourth-order valence-corrected chi connectivity index (χ4v) is 7.27. The van der Waals surface area contributed by atoms with E-state index in [1.54, 1.807) is 12.1 Å².